The summed E-state index contributed by atoms with van der Waals surface area (Å²) in [6, 6.07) is 69.2. The first-order chi connectivity index (χ1) is 29.2. The van der Waals surface area contributed by atoms with Gasteiger partial charge in [-0.15, -0.1) is 0 Å². The lowest BCUT2D eigenvalue weighted by Gasteiger charge is -2.27. The summed E-state index contributed by atoms with van der Waals surface area (Å²) in [5, 5.41) is 2.51. The Kier molecular flexibility index (Phi) is 8.37. The van der Waals surface area contributed by atoms with Crippen molar-refractivity contribution in [3.05, 3.63) is 234 Å². The minimum absolute atomic E-state index is 0.921. The predicted molar refractivity (Wildman–Crippen MR) is 250 cm³/mol. The van der Waals surface area contributed by atoms with Crippen LogP contribution >= 0.6 is 0 Å². The van der Waals surface area contributed by atoms with Crippen LogP contribution in [0.1, 0.15) is 42.5 Å². The van der Waals surface area contributed by atoms with Crippen LogP contribution in [0.5, 0.6) is 0 Å². The third kappa shape index (κ3) is 5.56. The number of fused-ring (bicyclic) bond motifs is 9. The van der Waals surface area contributed by atoms with Crippen molar-refractivity contribution in [2.24, 2.45) is 0 Å². The fourth-order valence-electron chi connectivity index (χ4n) is 9.62. The number of rotatable bonds is 7. The Morgan fingerprint density at radius 2 is 0.983 bits per heavy atom. The molecule has 9 aromatic rings. The summed E-state index contributed by atoms with van der Waals surface area (Å²) >= 11 is 0. The summed E-state index contributed by atoms with van der Waals surface area (Å²) in [4.78, 5) is 2.42. The number of allylic oxidation sites excluding steroid dienone is 3. The topological polar surface area (TPSA) is 8.17 Å². The van der Waals surface area contributed by atoms with Gasteiger partial charge in [-0.1, -0.05) is 153 Å². The van der Waals surface area contributed by atoms with E-state index < -0.39 is 0 Å². The van der Waals surface area contributed by atoms with Crippen molar-refractivity contribution < 1.29 is 0 Å². The van der Waals surface area contributed by atoms with E-state index in [0.29, 0.717) is 0 Å². The number of para-hydroxylation sites is 2. The Bertz CT molecular complexity index is 3140. The smallest absolute Gasteiger partial charge is 0.0541 e. The van der Waals surface area contributed by atoms with Crippen LogP contribution in [0, 0.1) is 0 Å². The average Bonchev–Trinajstić information content (AvgIpc) is 3.92. The summed E-state index contributed by atoms with van der Waals surface area (Å²) in [7, 11) is 0. The zero-order valence-electron chi connectivity index (χ0n) is 33.2. The van der Waals surface area contributed by atoms with Gasteiger partial charge in [-0.2, -0.15) is 0 Å². The highest BCUT2D eigenvalue weighted by Gasteiger charge is 2.32. The van der Waals surface area contributed by atoms with Crippen molar-refractivity contribution in [1.29, 1.82) is 0 Å². The summed E-state index contributed by atoms with van der Waals surface area (Å²) in [6.45, 7) is 4.32. The zero-order chi connectivity index (χ0) is 39.5. The minimum Gasteiger partial charge on any atom is -0.311 e. The molecule has 0 aliphatic heterocycles. The first-order valence-corrected chi connectivity index (χ1v) is 20.7. The molecule has 0 saturated heterocycles. The van der Waals surface area contributed by atoms with E-state index in [-0.39, 0.29) is 0 Å². The molecule has 0 bridgehead atoms. The highest BCUT2D eigenvalue weighted by molar-refractivity contribution is 6.19. The highest BCUT2D eigenvalue weighted by atomic mass is 15.1. The monoisotopic (exact) mass is 754 g/mol. The van der Waals surface area contributed by atoms with E-state index in [1.807, 2.05) is 0 Å². The summed E-state index contributed by atoms with van der Waals surface area (Å²) < 4.78 is 2.37. The number of hydrogen-bond acceptors (Lipinski definition) is 1. The molecule has 0 saturated carbocycles. The molecule has 2 nitrogen and oxygen atoms in total. The van der Waals surface area contributed by atoms with Gasteiger partial charge in [0, 0.05) is 33.5 Å². The number of benzene rings is 8. The highest BCUT2D eigenvalue weighted by Crippen LogP contribution is 2.55. The van der Waals surface area contributed by atoms with E-state index in [2.05, 4.69) is 230 Å². The SMILES string of the molecule is C/C=C\C(=C/CC)N(c1ccc(-c2ccc3c(c2)c2ccccc2n3-c2ccccc2)cc1)c1ccc2c(c1)C(=C1c3ccccc3-c3ccccc31)c1ccccc1-2. The molecule has 280 valence electrons. The molecule has 8 aromatic carbocycles. The lowest BCUT2D eigenvalue weighted by Crippen LogP contribution is -2.15. The average molecular weight is 755 g/mol. The van der Waals surface area contributed by atoms with Crippen molar-refractivity contribution in [2.45, 2.75) is 20.3 Å². The first-order valence-electron chi connectivity index (χ1n) is 20.7. The molecule has 2 heteroatoms. The molecule has 11 rings (SSSR count). The zero-order valence-corrected chi connectivity index (χ0v) is 33.2. The van der Waals surface area contributed by atoms with Crippen LogP contribution in [-0.4, -0.2) is 4.57 Å². The number of anilines is 2. The second-order valence-corrected chi connectivity index (χ2v) is 15.5. The third-order valence-corrected chi connectivity index (χ3v) is 12.1. The van der Waals surface area contributed by atoms with Crippen LogP contribution < -0.4 is 4.90 Å². The molecular weight excluding hydrogens is 713 g/mol. The van der Waals surface area contributed by atoms with E-state index >= 15 is 0 Å². The van der Waals surface area contributed by atoms with Gasteiger partial charge < -0.3 is 9.47 Å². The summed E-state index contributed by atoms with van der Waals surface area (Å²) in [5.74, 6) is 0. The lowest BCUT2D eigenvalue weighted by atomic mass is 9.91. The fourth-order valence-corrected chi connectivity index (χ4v) is 9.62. The van der Waals surface area contributed by atoms with E-state index in [9.17, 15) is 0 Å². The molecule has 1 aromatic heterocycles. The molecular formula is C57H42N2. The Morgan fingerprint density at radius 1 is 0.458 bits per heavy atom. The molecule has 0 N–H and O–H groups in total. The van der Waals surface area contributed by atoms with E-state index in [0.717, 1.165) is 23.5 Å². The number of nitrogens with zero attached hydrogens (tertiary/aromatic N) is 2. The van der Waals surface area contributed by atoms with Crippen LogP contribution in [0.3, 0.4) is 0 Å². The quantitative estimate of drug-likeness (QED) is 0.147. The van der Waals surface area contributed by atoms with Crippen molar-refractivity contribution in [3.63, 3.8) is 0 Å². The largest absolute Gasteiger partial charge is 0.311 e. The molecule has 59 heavy (non-hydrogen) atoms. The van der Waals surface area contributed by atoms with Gasteiger partial charge in [0.2, 0.25) is 0 Å². The Hall–Kier alpha value is -7.42. The van der Waals surface area contributed by atoms with Gasteiger partial charge in [-0.25, -0.2) is 0 Å². The summed E-state index contributed by atoms with van der Waals surface area (Å²) in [6.07, 6.45) is 7.63. The predicted octanol–water partition coefficient (Wildman–Crippen LogP) is 15.4. The second kappa shape index (κ2) is 14.2. The van der Waals surface area contributed by atoms with Crippen molar-refractivity contribution in [1.82, 2.24) is 4.57 Å². The number of aromatic nitrogens is 1. The van der Waals surface area contributed by atoms with Gasteiger partial charge in [0.1, 0.15) is 0 Å². The van der Waals surface area contributed by atoms with Gasteiger partial charge in [-0.05, 0) is 141 Å². The van der Waals surface area contributed by atoms with E-state index in [1.54, 1.807) is 0 Å². The standard InChI is InChI=1S/C57H42N2/c1-3-16-40(17-4-2)58(42-31-28-38(29-32-42)39-30-35-55-52(36-39)48-23-14-15-27-54(48)59(55)41-18-6-5-7-19-41)43-33-34-47-46-22-10-13-26-51(46)57(53(47)37-43)56-49-24-11-8-20-44(49)45-21-9-12-25-50(45)56/h3,5-37H,4H2,1-2H3/b16-3-,40-17+. The maximum absolute atomic E-state index is 2.43. The van der Waals surface area contributed by atoms with Crippen LogP contribution in [0.2, 0.25) is 0 Å². The van der Waals surface area contributed by atoms with Gasteiger partial charge in [0.05, 0.1) is 11.0 Å². The Balaban J connectivity index is 1.05. The molecule has 0 radical (unpaired) electrons. The Labute approximate surface area is 346 Å². The van der Waals surface area contributed by atoms with Gasteiger partial charge >= 0.3 is 0 Å². The molecule has 1 heterocycles. The number of hydrogen-bond donors (Lipinski definition) is 0. The lowest BCUT2D eigenvalue weighted by molar-refractivity contribution is 1.13. The van der Waals surface area contributed by atoms with Crippen LogP contribution in [0.25, 0.3) is 72.0 Å². The molecule has 2 aliphatic rings. The van der Waals surface area contributed by atoms with Crippen LogP contribution in [0.4, 0.5) is 11.4 Å². The van der Waals surface area contributed by atoms with E-state index in [4.69, 9.17) is 0 Å². The van der Waals surface area contributed by atoms with Crippen molar-refractivity contribution in [3.8, 4) is 39.1 Å². The maximum atomic E-state index is 2.43. The molecule has 2 aliphatic carbocycles. The molecule has 0 fully saturated rings. The van der Waals surface area contributed by atoms with Gasteiger partial charge in [0.15, 0.2) is 0 Å². The summed E-state index contributed by atoms with van der Waals surface area (Å²) in [5.41, 5.74) is 22.3. The van der Waals surface area contributed by atoms with Gasteiger partial charge in [-0.3, -0.25) is 0 Å². The molecule has 0 amide bonds. The van der Waals surface area contributed by atoms with Gasteiger partial charge in [0.25, 0.3) is 0 Å². The molecule has 0 spiro atoms. The molecule has 0 atom stereocenters. The minimum atomic E-state index is 0.921. The van der Waals surface area contributed by atoms with Crippen molar-refractivity contribution >= 4 is 44.3 Å². The van der Waals surface area contributed by atoms with Crippen molar-refractivity contribution in [2.75, 3.05) is 4.90 Å². The normalized spacial score (nSPS) is 12.9. The second-order valence-electron chi connectivity index (χ2n) is 15.5. The van der Waals surface area contributed by atoms with Crippen LogP contribution in [0.15, 0.2) is 212 Å². The van der Waals surface area contributed by atoms with E-state index in [1.165, 1.54) is 94.3 Å². The first kappa shape index (κ1) is 34.8. The molecule has 0 unspecified atom stereocenters. The third-order valence-electron chi connectivity index (χ3n) is 12.1. The fraction of sp³-hybridized carbons (Fsp3) is 0.0526. The maximum Gasteiger partial charge on any atom is 0.0541 e. The Morgan fingerprint density at radius 3 is 1.63 bits per heavy atom. The van der Waals surface area contributed by atoms with Crippen LogP contribution in [-0.2, 0) is 0 Å².